The van der Waals surface area contributed by atoms with Gasteiger partial charge in [0.25, 0.3) is 0 Å². The zero-order chi connectivity index (χ0) is 14.0. The van der Waals surface area contributed by atoms with Gasteiger partial charge in [0.15, 0.2) is 5.72 Å². The minimum absolute atomic E-state index is 0.169. The van der Waals surface area contributed by atoms with Crippen molar-refractivity contribution in [1.82, 2.24) is 9.55 Å². The van der Waals surface area contributed by atoms with Gasteiger partial charge in [0, 0.05) is 16.7 Å². The van der Waals surface area contributed by atoms with Crippen molar-refractivity contribution in [2.24, 2.45) is 5.11 Å². The molecule has 0 aliphatic carbocycles. The van der Waals surface area contributed by atoms with E-state index in [0.29, 0.717) is 18.4 Å². The Kier molecular flexibility index (Phi) is 3.43. The van der Waals surface area contributed by atoms with Gasteiger partial charge in [-0.05, 0) is 25.3 Å². The van der Waals surface area contributed by atoms with Gasteiger partial charge >= 0.3 is 5.69 Å². The molecule has 1 fully saturated rings. The summed E-state index contributed by atoms with van der Waals surface area (Å²) in [4.78, 5) is 18.1. The maximum atomic E-state index is 11.8. The SMILES string of the molecule is Cc1cn([C@H]2CC[C@](CO)(N=[N+]=[N-])O2)c(=O)nc1N. The van der Waals surface area contributed by atoms with E-state index in [1.54, 1.807) is 13.1 Å². The Hall–Kier alpha value is -2.09. The van der Waals surface area contributed by atoms with Crippen molar-refractivity contribution < 1.29 is 9.84 Å². The van der Waals surface area contributed by atoms with Gasteiger partial charge in [-0.15, -0.1) is 0 Å². The topological polar surface area (TPSA) is 139 Å². The number of hydrogen-bond acceptors (Lipinski definition) is 6. The molecule has 19 heavy (non-hydrogen) atoms. The molecule has 0 unspecified atom stereocenters. The van der Waals surface area contributed by atoms with E-state index in [4.69, 9.17) is 16.0 Å². The highest BCUT2D eigenvalue weighted by Crippen LogP contribution is 2.36. The largest absolute Gasteiger partial charge is 0.393 e. The minimum atomic E-state index is -1.31. The maximum absolute atomic E-state index is 11.8. The first kappa shape index (κ1) is 13.3. The van der Waals surface area contributed by atoms with Crippen LogP contribution in [0.5, 0.6) is 0 Å². The molecular weight excluding hydrogens is 252 g/mol. The second kappa shape index (κ2) is 4.88. The molecule has 1 aliphatic heterocycles. The lowest BCUT2D eigenvalue weighted by molar-refractivity contribution is -0.0951. The third kappa shape index (κ3) is 2.39. The Bertz CT molecular complexity index is 593. The zero-order valence-electron chi connectivity index (χ0n) is 10.4. The molecule has 3 N–H and O–H groups in total. The van der Waals surface area contributed by atoms with Crippen LogP contribution >= 0.6 is 0 Å². The van der Waals surface area contributed by atoms with Crippen LogP contribution in [0.25, 0.3) is 10.4 Å². The predicted molar refractivity (Wildman–Crippen MR) is 66.0 cm³/mol. The fourth-order valence-electron chi connectivity index (χ4n) is 2.00. The average Bonchev–Trinajstić information content (AvgIpc) is 2.79. The Morgan fingerprint density at radius 3 is 3.21 bits per heavy atom. The maximum Gasteiger partial charge on any atom is 0.351 e. The summed E-state index contributed by atoms with van der Waals surface area (Å²) in [7, 11) is 0. The number of aliphatic hydroxyl groups is 1. The predicted octanol–water partition coefficient (Wildman–Crippen LogP) is 0.442. The van der Waals surface area contributed by atoms with Crippen molar-refractivity contribution in [2.45, 2.75) is 31.7 Å². The van der Waals surface area contributed by atoms with Crippen molar-refractivity contribution in [3.8, 4) is 0 Å². The second-order valence-corrected chi connectivity index (χ2v) is 4.40. The highest BCUT2D eigenvalue weighted by atomic mass is 16.6. The van der Waals surface area contributed by atoms with Crippen LogP contribution in [-0.2, 0) is 4.74 Å². The van der Waals surface area contributed by atoms with E-state index in [9.17, 15) is 9.90 Å². The zero-order valence-corrected chi connectivity index (χ0v) is 10.4. The number of hydrogen-bond donors (Lipinski definition) is 2. The molecule has 1 aromatic heterocycles. The molecule has 0 spiro atoms. The molecule has 9 nitrogen and oxygen atoms in total. The minimum Gasteiger partial charge on any atom is -0.393 e. The van der Waals surface area contributed by atoms with Gasteiger partial charge in [0.2, 0.25) is 0 Å². The summed E-state index contributed by atoms with van der Waals surface area (Å²) >= 11 is 0. The van der Waals surface area contributed by atoms with E-state index in [2.05, 4.69) is 15.0 Å². The fourth-order valence-corrected chi connectivity index (χ4v) is 2.00. The van der Waals surface area contributed by atoms with Gasteiger partial charge in [-0.25, -0.2) is 4.79 Å². The lowest BCUT2D eigenvalue weighted by atomic mass is 10.1. The van der Waals surface area contributed by atoms with Crippen LogP contribution in [0.4, 0.5) is 5.82 Å². The van der Waals surface area contributed by atoms with E-state index in [0.717, 1.165) is 0 Å². The molecule has 2 atom stereocenters. The number of nitrogen functional groups attached to an aromatic ring is 1. The number of aromatic nitrogens is 2. The van der Waals surface area contributed by atoms with Gasteiger partial charge in [-0.3, -0.25) is 4.57 Å². The van der Waals surface area contributed by atoms with Crippen LogP contribution in [0.2, 0.25) is 0 Å². The van der Waals surface area contributed by atoms with Crippen molar-refractivity contribution in [1.29, 1.82) is 0 Å². The molecule has 102 valence electrons. The molecule has 0 bridgehead atoms. The highest BCUT2D eigenvalue weighted by molar-refractivity contribution is 5.35. The smallest absolute Gasteiger partial charge is 0.351 e. The molecule has 0 radical (unpaired) electrons. The Balaban J connectivity index is 2.33. The Morgan fingerprint density at radius 2 is 2.58 bits per heavy atom. The van der Waals surface area contributed by atoms with Crippen LogP contribution in [0, 0.1) is 6.92 Å². The molecule has 2 rings (SSSR count). The van der Waals surface area contributed by atoms with E-state index in [1.165, 1.54) is 4.57 Å². The molecule has 0 aromatic carbocycles. The van der Waals surface area contributed by atoms with Crippen molar-refractivity contribution in [3.05, 3.63) is 32.7 Å². The van der Waals surface area contributed by atoms with Crippen molar-refractivity contribution in [3.63, 3.8) is 0 Å². The van der Waals surface area contributed by atoms with E-state index in [-0.39, 0.29) is 5.82 Å². The summed E-state index contributed by atoms with van der Waals surface area (Å²) < 4.78 is 6.80. The quantitative estimate of drug-likeness (QED) is 0.464. The molecule has 1 aliphatic rings. The number of aryl methyl sites for hydroxylation is 1. The van der Waals surface area contributed by atoms with Crippen LogP contribution in [0.15, 0.2) is 16.1 Å². The third-order valence-corrected chi connectivity index (χ3v) is 3.10. The summed E-state index contributed by atoms with van der Waals surface area (Å²) in [5, 5.41) is 12.7. The van der Waals surface area contributed by atoms with E-state index in [1.807, 2.05) is 0 Å². The van der Waals surface area contributed by atoms with Gasteiger partial charge in [-0.2, -0.15) is 4.98 Å². The second-order valence-electron chi connectivity index (χ2n) is 4.40. The molecule has 0 amide bonds. The van der Waals surface area contributed by atoms with Crippen LogP contribution in [0.3, 0.4) is 0 Å². The molecular formula is C10H14N6O3. The van der Waals surface area contributed by atoms with Crippen molar-refractivity contribution >= 4 is 5.82 Å². The average molecular weight is 266 g/mol. The normalized spacial score (nSPS) is 26.1. The Morgan fingerprint density at radius 1 is 1.84 bits per heavy atom. The summed E-state index contributed by atoms with van der Waals surface area (Å²) in [6.45, 7) is 1.28. The molecule has 1 aromatic rings. The third-order valence-electron chi connectivity index (χ3n) is 3.10. The first-order valence-corrected chi connectivity index (χ1v) is 5.71. The number of anilines is 1. The lowest BCUT2D eigenvalue weighted by Gasteiger charge is -2.22. The van der Waals surface area contributed by atoms with Gasteiger partial charge < -0.3 is 15.6 Å². The number of nitrogens with zero attached hydrogens (tertiary/aromatic N) is 5. The molecule has 9 heteroatoms. The number of aliphatic hydroxyl groups excluding tert-OH is 1. The van der Waals surface area contributed by atoms with Crippen LogP contribution < -0.4 is 11.4 Å². The van der Waals surface area contributed by atoms with Gasteiger partial charge in [-0.1, -0.05) is 5.11 Å². The summed E-state index contributed by atoms with van der Waals surface area (Å²) in [6.07, 6.45) is 1.68. The molecule has 0 saturated carbocycles. The van der Waals surface area contributed by atoms with Crippen LogP contribution in [0.1, 0.15) is 24.6 Å². The number of azide groups is 1. The van der Waals surface area contributed by atoms with E-state index < -0.39 is 24.2 Å². The summed E-state index contributed by atoms with van der Waals surface area (Å²) in [5.74, 6) is 0.169. The number of ether oxygens (including phenoxy) is 1. The monoisotopic (exact) mass is 266 g/mol. The first-order valence-electron chi connectivity index (χ1n) is 5.71. The highest BCUT2D eigenvalue weighted by Gasteiger charge is 2.40. The van der Waals surface area contributed by atoms with Crippen LogP contribution in [-0.4, -0.2) is 27.0 Å². The fraction of sp³-hybridized carbons (Fsp3) is 0.600. The summed E-state index contributed by atoms with van der Waals surface area (Å²) in [5.41, 5.74) is 12.8. The molecule has 2 heterocycles. The van der Waals surface area contributed by atoms with Gasteiger partial charge in [0.1, 0.15) is 12.0 Å². The van der Waals surface area contributed by atoms with E-state index >= 15 is 0 Å². The number of nitrogens with two attached hydrogens (primary N) is 1. The van der Waals surface area contributed by atoms with Gasteiger partial charge in [0.05, 0.1) is 6.61 Å². The standard InChI is InChI=1S/C10H14N6O3/c1-6-4-16(9(18)13-8(6)11)7-2-3-10(5-17,19-7)14-15-12/h4,7,17H,2-3,5H2,1H3,(H2,11,13,18)/t7-,10+/m1/s1. The summed E-state index contributed by atoms with van der Waals surface area (Å²) in [6, 6.07) is 0. The Labute approximate surface area is 108 Å². The lowest BCUT2D eigenvalue weighted by Crippen LogP contribution is -2.33. The van der Waals surface area contributed by atoms with Crippen molar-refractivity contribution in [2.75, 3.05) is 12.3 Å². The molecule has 1 saturated heterocycles. The number of rotatable bonds is 3. The first-order chi connectivity index (χ1) is 9.01.